The van der Waals surface area contributed by atoms with Crippen LogP contribution in [0.2, 0.25) is 0 Å². The van der Waals surface area contributed by atoms with E-state index in [1.54, 1.807) is 12.4 Å². The maximum Gasteiger partial charge on any atom is 0.317 e. The number of carbonyl (C=O) groups is 1. The molecule has 5 heterocycles. The number of morpholine rings is 1. The first-order valence-corrected chi connectivity index (χ1v) is 12.3. The third-order valence-electron chi connectivity index (χ3n) is 6.93. The Balaban J connectivity index is 1.49. The molecule has 0 aromatic carbocycles. The van der Waals surface area contributed by atoms with E-state index < -0.39 is 0 Å². The smallest absolute Gasteiger partial charge is 0.317 e. The van der Waals surface area contributed by atoms with E-state index in [2.05, 4.69) is 32.0 Å². The first kappa shape index (κ1) is 23.5. The standard InChI is InChI=1S/C24H35N9O2/c1-23(2,3)30-22(34)32-8-6-24(4,15-32)33-7-5-17-18(16-13-26-20(25)27-14-16)28-21(29-19(17)33)31-9-11-35-12-10-31/h13-14H,5-12,15H2,1-4H3,(H,30,34)(H2,25,26,27)/t24-/m0/s1. The van der Waals surface area contributed by atoms with Crippen LogP contribution in [0.1, 0.15) is 39.7 Å². The second kappa shape index (κ2) is 8.78. The number of nitrogens with two attached hydrogens (primary N) is 1. The van der Waals surface area contributed by atoms with Crippen LogP contribution in [0.4, 0.5) is 22.5 Å². The van der Waals surface area contributed by atoms with Crippen molar-refractivity contribution >= 4 is 23.7 Å². The van der Waals surface area contributed by atoms with E-state index in [0.717, 1.165) is 55.1 Å². The Bertz CT molecular complexity index is 1100. The summed E-state index contributed by atoms with van der Waals surface area (Å²) in [5, 5.41) is 3.10. The normalized spacial score (nSPS) is 22.5. The van der Waals surface area contributed by atoms with E-state index >= 15 is 0 Å². The van der Waals surface area contributed by atoms with Gasteiger partial charge in [-0.3, -0.25) is 0 Å². The van der Waals surface area contributed by atoms with Crippen LogP contribution in [0, 0.1) is 0 Å². The quantitative estimate of drug-likeness (QED) is 0.673. The zero-order valence-electron chi connectivity index (χ0n) is 21.0. The maximum atomic E-state index is 12.9. The first-order chi connectivity index (χ1) is 16.6. The number of aromatic nitrogens is 4. The molecule has 3 aliphatic rings. The van der Waals surface area contributed by atoms with Crippen LogP contribution in [-0.4, -0.2) is 87.9 Å². The fourth-order valence-electron chi connectivity index (χ4n) is 5.11. The Morgan fingerprint density at radius 3 is 2.51 bits per heavy atom. The van der Waals surface area contributed by atoms with Gasteiger partial charge in [-0.2, -0.15) is 4.98 Å². The number of hydrogen-bond donors (Lipinski definition) is 2. The lowest BCUT2D eigenvalue weighted by molar-refractivity contribution is 0.122. The van der Waals surface area contributed by atoms with Crippen molar-refractivity contribution in [2.45, 2.75) is 51.6 Å². The fourth-order valence-corrected chi connectivity index (χ4v) is 5.11. The van der Waals surface area contributed by atoms with Crippen LogP contribution in [0.15, 0.2) is 12.4 Å². The Kier molecular flexibility index (Phi) is 5.90. The molecule has 0 bridgehead atoms. The average Bonchev–Trinajstić information content (AvgIpc) is 3.43. The highest BCUT2D eigenvalue weighted by Gasteiger charge is 2.45. The second-order valence-electron chi connectivity index (χ2n) is 10.9. The third-order valence-corrected chi connectivity index (χ3v) is 6.93. The molecule has 35 heavy (non-hydrogen) atoms. The molecule has 188 valence electrons. The minimum atomic E-state index is -0.271. The summed E-state index contributed by atoms with van der Waals surface area (Å²) in [5.74, 6) is 1.87. The van der Waals surface area contributed by atoms with Gasteiger partial charge in [0, 0.05) is 61.8 Å². The highest BCUT2D eigenvalue weighted by Crippen LogP contribution is 2.41. The van der Waals surface area contributed by atoms with E-state index in [4.69, 9.17) is 20.4 Å². The van der Waals surface area contributed by atoms with Crippen molar-refractivity contribution in [1.82, 2.24) is 30.2 Å². The van der Waals surface area contributed by atoms with Gasteiger partial charge in [0.15, 0.2) is 0 Å². The zero-order valence-corrected chi connectivity index (χ0v) is 21.0. The SMILES string of the molecule is CC(C)(C)NC(=O)N1CC[C@](C)(N2CCc3c(-c4cnc(N)nc4)nc(N4CCOCC4)nc32)C1. The molecule has 1 atom stereocenters. The van der Waals surface area contributed by atoms with Gasteiger partial charge in [-0.15, -0.1) is 0 Å². The number of ether oxygens (including phenoxy) is 1. The molecule has 2 amide bonds. The van der Waals surface area contributed by atoms with E-state index in [9.17, 15) is 4.79 Å². The summed E-state index contributed by atoms with van der Waals surface area (Å²) in [7, 11) is 0. The number of rotatable bonds is 3. The predicted molar refractivity (Wildman–Crippen MR) is 134 cm³/mol. The monoisotopic (exact) mass is 481 g/mol. The number of anilines is 3. The molecule has 3 aliphatic heterocycles. The van der Waals surface area contributed by atoms with Gasteiger partial charge >= 0.3 is 6.03 Å². The molecule has 0 radical (unpaired) electrons. The molecule has 0 saturated carbocycles. The average molecular weight is 482 g/mol. The predicted octanol–water partition coefficient (Wildman–Crippen LogP) is 1.69. The van der Waals surface area contributed by atoms with E-state index in [1.165, 1.54) is 0 Å². The van der Waals surface area contributed by atoms with Crippen LogP contribution >= 0.6 is 0 Å². The summed E-state index contributed by atoms with van der Waals surface area (Å²) in [4.78, 5) is 37.8. The number of urea groups is 1. The summed E-state index contributed by atoms with van der Waals surface area (Å²) in [6, 6.07) is -0.0166. The number of nitrogen functional groups attached to an aromatic ring is 1. The molecule has 3 N–H and O–H groups in total. The van der Waals surface area contributed by atoms with Gasteiger partial charge in [0.25, 0.3) is 0 Å². The number of carbonyl (C=O) groups excluding carboxylic acids is 1. The second-order valence-corrected chi connectivity index (χ2v) is 10.9. The van der Waals surface area contributed by atoms with Crippen LogP contribution in [0.5, 0.6) is 0 Å². The molecular formula is C24H35N9O2. The molecule has 0 unspecified atom stereocenters. The first-order valence-electron chi connectivity index (χ1n) is 12.3. The molecule has 2 aromatic heterocycles. The van der Waals surface area contributed by atoms with Gasteiger partial charge in [-0.1, -0.05) is 0 Å². The lowest BCUT2D eigenvalue weighted by atomic mass is 9.99. The van der Waals surface area contributed by atoms with Gasteiger partial charge in [-0.05, 0) is 40.5 Å². The molecule has 11 heteroatoms. The van der Waals surface area contributed by atoms with Gasteiger partial charge < -0.3 is 30.5 Å². The molecule has 5 rings (SSSR count). The Morgan fingerprint density at radius 2 is 1.83 bits per heavy atom. The summed E-state index contributed by atoms with van der Waals surface area (Å²) in [5.41, 5.74) is 8.02. The highest BCUT2D eigenvalue weighted by atomic mass is 16.5. The van der Waals surface area contributed by atoms with Crippen molar-refractivity contribution in [2.24, 2.45) is 0 Å². The minimum Gasteiger partial charge on any atom is -0.378 e. The van der Waals surface area contributed by atoms with Crippen molar-refractivity contribution in [3.8, 4) is 11.3 Å². The summed E-state index contributed by atoms with van der Waals surface area (Å²) >= 11 is 0. The van der Waals surface area contributed by atoms with Crippen molar-refractivity contribution in [3.05, 3.63) is 18.0 Å². The van der Waals surface area contributed by atoms with Gasteiger partial charge in [0.2, 0.25) is 11.9 Å². The number of nitrogens with one attached hydrogen (secondary N) is 1. The zero-order chi connectivity index (χ0) is 24.8. The number of nitrogens with zero attached hydrogens (tertiary/aromatic N) is 7. The molecule has 2 aromatic rings. The summed E-state index contributed by atoms with van der Waals surface area (Å²) < 4.78 is 5.54. The van der Waals surface area contributed by atoms with Crippen molar-refractivity contribution < 1.29 is 9.53 Å². The summed E-state index contributed by atoms with van der Waals surface area (Å²) in [6.45, 7) is 13.2. The van der Waals surface area contributed by atoms with E-state index in [-0.39, 0.29) is 23.1 Å². The van der Waals surface area contributed by atoms with Gasteiger partial charge in [-0.25, -0.2) is 19.7 Å². The molecule has 2 saturated heterocycles. The topological polar surface area (TPSA) is 126 Å². The number of hydrogen-bond acceptors (Lipinski definition) is 9. The molecule has 2 fully saturated rings. The minimum absolute atomic E-state index is 0.0166. The number of likely N-dealkylation sites (tertiary alicyclic amines) is 1. The molecule has 0 aliphatic carbocycles. The highest BCUT2D eigenvalue weighted by molar-refractivity contribution is 5.76. The van der Waals surface area contributed by atoms with Crippen molar-refractivity contribution in [2.75, 3.05) is 61.5 Å². The van der Waals surface area contributed by atoms with Crippen LogP contribution in [0.3, 0.4) is 0 Å². The lowest BCUT2D eigenvalue weighted by Gasteiger charge is -2.37. The molecule has 0 spiro atoms. The Labute approximate surface area is 206 Å². The summed E-state index contributed by atoms with van der Waals surface area (Å²) in [6.07, 6.45) is 5.16. The number of amides is 2. The lowest BCUT2D eigenvalue weighted by Crippen LogP contribution is -2.52. The van der Waals surface area contributed by atoms with Gasteiger partial charge in [0.1, 0.15) is 5.82 Å². The Morgan fingerprint density at radius 1 is 1.11 bits per heavy atom. The molecular weight excluding hydrogens is 446 g/mol. The number of fused-ring (bicyclic) bond motifs is 1. The van der Waals surface area contributed by atoms with Crippen molar-refractivity contribution in [1.29, 1.82) is 0 Å². The van der Waals surface area contributed by atoms with Crippen LogP contribution in [-0.2, 0) is 11.2 Å². The van der Waals surface area contributed by atoms with E-state index in [1.807, 2.05) is 25.7 Å². The van der Waals surface area contributed by atoms with Crippen LogP contribution in [0.25, 0.3) is 11.3 Å². The maximum absolute atomic E-state index is 12.9. The van der Waals surface area contributed by atoms with Crippen LogP contribution < -0.4 is 20.9 Å². The Hall–Kier alpha value is -3.21. The fraction of sp³-hybridized carbons (Fsp3) is 0.625. The largest absolute Gasteiger partial charge is 0.378 e. The van der Waals surface area contributed by atoms with E-state index in [0.29, 0.717) is 32.3 Å². The van der Waals surface area contributed by atoms with Gasteiger partial charge in [0.05, 0.1) is 24.4 Å². The third kappa shape index (κ3) is 4.69. The van der Waals surface area contributed by atoms with Crippen molar-refractivity contribution in [3.63, 3.8) is 0 Å². The molecule has 11 nitrogen and oxygen atoms in total.